The van der Waals surface area contributed by atoms with Crippen LogP contribution in [-0.4, -0.2) is 34.8 Å². The van der Waals surface area contributed by atoms with Gasteiger partial charge >= 0.3 is 5.97 Å². The summed E-state index contributed by atoms with van der Waals surface area (Å²) in [6.07, 6.45) is 1.26. The molecule has 2 amide bonds. The minimum Gasteiger partial charge on any atom is -0.459 e. The minimum absolute atomic E-state index is 0.0596. The maximum atomic E-state index is 12.7. The van der Waals surface area contributed by atoms with Crippen LogP contribution < -0.4 is 5.32 Å². The maximum absolute atomic E-state index is 12.7. The molecular formula is C25H30N2O4. The molecule has 2 aromatic carbocycles. The quantitative estimate of drug-likeness (QED) is 0.628. The van der Waals surface area contributed by atoms with Gasteiger partial charge in [-0.25, -0.2) is 4.79 Å². The first-order valence-corrected chi connectivity index (χ1v) is 10.8. The molecule has 1 N–H and O–H groups in total. The molecule has 0 aliphatic carbocycles. The van der Waals surface area contributed by atoms with Gasteiger partial charge in [-0.15, -0.1) is 0 Å². The van der Waals surface area contributed by atoms with Crippen molar-refractivity contribution in [1.82, 2.24) is 10.2 Å². The van der Waals surface area contributed by atoms with Crippen molar-refractivity contribution in [2.45, 2.75) is 58.3 Å². The van der Waals surface area contributed by atoms with Crippen LogP contribution in [0.2, 0.25) is 0 Å². The lowest BCUT2D eigenvalue weighted by Crippen LogP contribution is -2.47. The van der Waals surface area contributed by atoms with E-state index in [1.807, 2.05) is 74.5 Å². The van der Waals surface area contributed by atoms with Crippen molar-refractivity contribution >= 4 is 17.8 Å². The Kier molecular flexibility index (Phi) is 7.82. The van der Waals surface area contributed by atoms with E-state index in [2.05, 4.69) is 5.32 Å². The molecule has 1 aliphatic rings. The van der Waals surface area contributed by atoms with Crippen LogP contribution in [0.15, 0.2) is 60.7 Å². The third-order valence-corrected chi connectivity index (χ3v) is 5.53. The topological polar surface area (TPSA) is 75.7 Å². The first-order chi connectivity index (χ1) is 14.9. The number of benzene rings is 2. The van der Waals surface area contributed by atoms with E-state index in [1.54, 1.807) is 4.90 Å². The van der Waals surface area contributed by atoms with E-state index in [-0.39, 0.29) is 36.8 Å². The fourth-order valence-corrected chi connectivity index (χ4v) is 3.77. The van der Waals surface area contributed by atoms with Gasteiger partial charge in [-0.2, -0.15) is 0 Å². The van der Waals surface area contributed by atoms with Gasteiger partial charge in [0.2, 0.25) is 11.8 Å². The summed E-state index contributed by atoms with van der Waals surface area (Å²) < 4.78 is 5.42. The molecule has 0 bridgehead atoms. The lowest BCUT2D eigenvalue weighted by Gasteiger charge is -2.26. The highest BCUT2D eigenvalue weighted by molar-refractivity contribution is 5.86. The van der Waals surface area contributed by atoms with Crippen LogP contribution in [0.4, 0.5) is 0 Å². The predicted molar refractivity (Wildman–Crippen MR) is 118 cm³/mol. The molecule has 6 nitrogen and oxygen atoms in total. The SMILES string of the molecule is CC(C)[C@H](NC(=O)C[C@@H]1CCC(=O)N1Cc1ccccc1)C(=O)OCc1ccccc1. The summed E-state index contributed by atoms with van der Waals surface area (Å²) >= 11 is 0. The van der Waals surface area contributed by atoms with E-state index in [4.69, 9.17) is 4.74 Å². The molecule has 0 spiro atoms. The molecule has 2 atom stereocenters. The summed E-state index contributed by atoms with van der Waals surface area (Å²) in [6, 6.07) is 18.3. The molecule has 0 radical (unpaired) electrons. The van der Waals surface area contributed by atoms with E-state index in [0.29, 0.717) is 19.4 Å². The molecule has 1 heterocycles. The monoisotopic (exact) mass is 422 g/mol. The second kappa shape index (κ2) is 10.8. The Bertz CT molecular complexity index is 883. The highest BCUT2D eigenvalue weighted by Gasteiger charge is 2.34. The Balaban J connectivity index is 1.56. The minimum atomic E-state index is -0.726. The highest BCUT2D eigenvalue weighted by Crippen LogP contribution is 2.24. The normalized spacial score (nSPS) is 16.9. The van der Waals surface area contributed by atoms with Gasteiger partial charge in [-0.3, -0.25) is 9.59 Å². The van der Waals surface area contributed by atoms with E-state index in [9.17, 15) is 14.4 Å². The van der Waals surface area contributed by atoms with Crippen LogP contribution in [-0.2, 0) is 32.3 Å². The second-order valence-corrected chi connectivity index (χ2v) is 8.29. The Hall–Kier alpha value is -3.15. The molecule has 2 aromatic rings. The Morgan fingerprint density at radius 3 is 2.26 bits per heavy atom. The zero-order valence-corrected chi connectivity index (χ0v) is 18.1. The fraction of sp³-hybridized carbons (Fsp3) is 0.400. The number of esters is 1. The third-order valence-electron chi connectivity index (χ3n) is 5.53. The van der Waals surface area contributed by atoms with E-state index in [1.165, 1.54) is 0 Å². The van der Waals surface area contributed by atoms with Gasteiger partial charge in [0, 0.05) is 25.4 Å². The smallest absolute Gasteiger partial charge is 0.329 e. The van der Waals surface area contributed by atoms with Crippen molar-refractivity contribution in [3.63, 3.8) is 0 Å². The van der Waals surface area contributed by atoms with Crippen molar-refractivity contribution in [3.05, 3.63) is 71.8 Å². The van der Waals surface area contributed by atoms with Crippen molar-refractivity contribution < 1.29 is 19.1 Å². The first-order valence-electron chi connectivity index (χ1n) is 10.8. The van der Waals surface area contributed by atoms with Crippen molar-refractivity contribution in [2.75, 3.05) is 0 Å². The number of rotatable bonds is 9. The molecule has 1 saturated heterocycles. The number of carbonyl (C=O) groups excluding carboxylic acids is 3. The summed E-state index contributed by atoms with van der Waals surface area (Å²) in [4.78, 5) is 39.4. The Morgan fingerprint density at radius 1 is 1.03 bits per heavy atom. The van der Waals surface area contributed by atoms with Gasteiger partial charge < -0.3 is 15.0 Å². The number of carbonyl (C=O) groups is 3. The molecule has 0 unspecified atom stereocenters. The first kappa shape index (κ1) is 22.5. The largest absolute Gasteiger partial charge is 0.459 e. The number of nitrogens with zero attached hydrogens (tertiary/aromatic N) is 1. The van der Waals surface area contributed by atoms with E-state index in [0.717, 1.165) is 11.1 Å². The molecule has 164 valence electrons. The number of likely N-dealkylation sites (tertiary alicyclic amines) is 1. The summed E-state index contributed by atoms with van der Waals surface area (Å²) in [6.45, 7) is 4.40. The molecule has 6 heteroatoms. The lowest BCUT2D eigenvalue weighted by molar-refractivity contribution is -0.150. The summed E-state index contributed by atoms with van der Waals surface area (Å²) in [7, 11) is 0. The lowest BCUT2D eigenvalue weighted by atomic mass is 10.0. The maximum Gasteiger partial charge on any atom is 0.329 e. The molecule has 1 fully saturated rings. The molecule has 1 aliphatic heterocycles. The molecule has 0 aromatic heterocycles. The van der Waals surface area contributed by atoms with Gasteiger partial charge in [0.05, 0.1) is 0 Å². The van der Waals surface area contributed by atoms with Crippen molar-refractivity contribution in [3.8, 4) is 0 Å². The molecular weight excluding hydrogens is 392 g/mol. The number of nitrogens with one attached hydrogen (secondary N) is 1. The van der Waals surface area contributed by atoms with Crippen LogP contribution in [0.25, 0.3) is 0 Å². The third kappa shape index (κ3) is 6.41. The Morgan fingerprint density at radius 2 is 1.65 bits per heavy atom. The number of ether oxygens (including phenoxy) is 1. The van der Waals surface area contributed by atoms with Crippen LogP contribution in [0.5, 0.6) is 0 Å². The molecule has 31 heavy (non-hydrogen) atoms. The van der Waals surface area contributed by atoms with Gasteiger partial charge in [0.1, 0.15) is 12.6 Å². The van der Waals surface area contributed by atoms with E-state index < -0.39 is 12.0 Å². The fourth-order valence-electron chi connectivity index (χ4n) is 3.77. The van der Waals surface area contributed by atoms with Crippen LogP contribution >= 0.6 is 0 Å². The molecule has 3 rings (SSSR count). The van der Waals surface area contributed by atoms with Crippen LogP contribution in [0.1, 0.15) is 44.2 Å². The van der Waals surface area contributed by atoms with Crippen LogP contribution in [0.3, 0.4) is 0 Å². The van der Waals surface area contributed by atoms with Crippen molar-refractivity contribution in [2.24, 2.45) is 5.92 Å². The van der Waals surface area contributed by atoms with Gasteiger partial charge in [-0.1, -0.05) is 74.5 Å². The summed E-state index contributed by atoms with van der Waals surface area (Å²) in [5, 5.41) is 2.83. The molecule has 0 saturated carbocycles. The second-order valence-electron chi connectivity index (χ2n) is 8.29. The number of amides is 2. The van der Waals surface area contributed by atoms with Gasteiger partial charge in [-0.05, 0) is 23.5 Å². The summed E-state index contributed by atoms with van der Waals surface area (Å²) in [5.41, 5.74) is 1.93. The predicted octanol–water partition coefficient (Wildman–Crippen LogP) is 3.45. The zero-order chi connectivity index (χ0) is 22.2. The van der Waals surface area contributed by atoms with Crippen molar-refractivity contribution in [1.29, 1.82) is 0 Å². The standard InChI is InChI=1S/C25H30N2O4/c1-18(2)24(25(30)31-17-20-11-7-4-8-12-20)26-22(28)15-21-13-14-23(29)27(21)16-19-9-5-3-6-10-19/h3-12,18,21,24H,13-17H2,1-2H3,(H,26,28)/t21-,24-/m0/s1. The number of hydrogen-bond donors (Lipinski definition) is 1. The van der Waals surface area contributed by atoms with Crippen LogP contribution in [0, 0.1) is 5.92 Å². The number of hydrogen-bond acceptors (Lipinski definition) is 4. The van der Waals surface area contributed by atoms with E-state index >= 15 is 0 Å². The van der Waals surface area contributed by atoms with Gasteiger partial charge in [0.25, 0.3) is 0 Å². The Labute approximate surface area is 183 Å². The average Bonchev–Trinajstić information content (AvgIpc) is 3.10. The highest BCUT2D eigenvalue weighted by atomic mass is 16.5. The summed E-state index contributed by atoms with van der Waals surface area (Å²) in [5.74, 6) is -0.744. The van der Waals surface area contributed by atoms with Gasteiger partial charge in [0.15, 0.2) is 0 Å². The average molecular weight is 423 g/mol. The zero-order valence-electron chi connectivity index (χ0n) is 18.1.